The number of rotatable bonds is 3. The van der Waals surface area contributed by atoms with Gasteiger partial charge in [0.2, 0.25) is 0 Å². The van der Waals surface area contributed by atoms with Crippen LogP contribution in [0.5, 0.6) is 0 Å². The standard InChI is InChI=1S/C11H21.BrH.Mg/c1-3-4-7-11-8-5-6-10(2)9-11;;/h9-11H,3-8H2,1-2H3;1H;/q-1;;+2/p-1. The van der Waals surface area contributed by atoms with Crippen molar-refractivity contribution in [1.82, 2.24) is 0 Å². The first-order valence-corrected chi connectivity index (χ1v) is 5.18. The van der Waals surface area contributed by atoms with Gasteiger partial charge >= 0.3 is 23.1 Å². The van der Waals surface area contributed by atoms with Crippen molar-refractivity contribution in [2.75, 3.05) is 0 Å². The third-order valence-corrected chi connectivity index (χ3v) is 2.76. The molecule has 13 heavy (non-hydrogen) atoms. The average molecular weight is 257 g/mol. The third-order valence-electron chi connectivity index (χ3n) is 2.76. The minimum absolute atomic E-state index is 0. The molecular weight excluding hydrogens is 236 g/mol. The van der Waals surface area contributed by atoms with Gasteiger partial charge < -0.3 is 23.4 Å². The Labute approximate surface area is 110 Å². The topological polar surface area (TPSA) is 0 Å². The molecule has 2 atom stereocenters. The molecule has 0 N–H and O–H groups in total. The molecule has 0 aliphatic heterocycles. The molecule has 2 unspecified atom stereocenters. The van der Waals surface area contributed by atoms with Gasteiger partial charge in [0.05, 0.1) is 0 Å². The van der Waals surface area contributed by atoms with Crippen molar-refractivity contribution >= 4 is 23.1 Å². The summed E-state index contributed by atoms with van der Waals surface area (Å²) in [6, 6.07) is 0. The summed E-state index contributed by atoms with van der Waals surface area (Å²) in [6.07, 6.45) is 11.2. The van der Waals surface area contributed by atoms with E-state index in [4.69, 9.17) is 0 Å². The van der Waals surface area contributed by atoms with E-state index in [9.17, 15) is 0 Å². The fraction of sp³-hybridized carbons (Fsp3) is 0.909. The van der Waals surface area contributed by atoms with Crippen molar-refractivity contribution in [1.29, 1.82) is 0 Å². The monoisotopic (exact) mass is 256 g/mol. The van der Waals surface area contributed by atoms with Gasteiger partial charge in [-0.3, -0.25) is 0 Å². The second-order valence-corrected chi connectivity index (χ2v) is 4.00. The number of hydrogen-bond donors (Lipinski definition) is 0. The van der Waals surface area contributed by atoms with Crippen LogP contribution in [0.15, 0.2) is 0 Å². The smallest absolute Gasteiger partial charge is 1.00 e. The van der Waals surface area contributed by atoms with Gasteiger partial charge in [0, 0.05) is 0 Å². The minimum Gasteiger partial charge on any atom is -1.00 e. The minimum atomic E-state index is 0. The second-order valence-electron chi connectivity index (χ2n) is 4.00. The van der Waals surface area contributed by atoms with E-state index < -0.39 is 0 Å². The predicted molar refractivity (Wildman–Crippen MR) is 56.1 cm³/mol. The summed E-state index contributed by atoms with van der Waals surface area (Å²) < 4.78 is 0. The van der Waals surface area contributed by atoms with Crippen LogP contribution in [0, 0.1) is 18.3 Å². The molecule has 1 aliphatic carbocycles. The first-order chi connectivity index (χ1) is 5.33. The van der Waals surface area contributed by atoms with Gasteiger partial charge in [-0.25, -0.2) is 0 Å². The van der Waals surface area contributed by atoms with E-state index >= 15 is 0 Å². The van der Waals surface area contributed by atoms with Crippen molar-refractivity contribution in [2.24, 2.45) is 11.8 Å². The van der Waals surface area contributed by atoms with E-state index in [0.29, 0.717) is 0 Å². The summed E-state index contributed by atoms with van der Waals surface area (Å²) in [6.45, 7) is 4.64. The Morgan fingerprint density at radius 1 is 1.31 bits per heavy atom. The Morgan fingerprint density at radius 2 is 2.00 bits per heavy atom. The molecule has 0 aromatic rings. The van der Waals surface area contributed by atoms with Crippen LogP contribution in [-0.2, 0) is 0 Å². The summed E-state index contributed by atoms with van der Waals surface area (Å²) >= 11 is 0. The zero-order valence-electron chi connectivity index (χ0n) is 9.06. The van der Waals surface area contributed by atoms with Crippen LogP contribution < -0.4 is 17.0 Å². The Bertz CT molecular complexity index is 106. The maximum Gasteiger partial charge on any atom is 2.00 e. The van der Waals surface area contributed by atoms with Crippen molar-refractivity contribution in [2.45, 2.75) is 52.4 Å². The van der Waals surface area contributed by atoms with Crippen molar-refractivity contribution in [3.63, 3.8) is 0 Å². The van der Waals surface area contributed by atoms with E-state index in [1.165, 1.54) is 38.5 Å². The largest absolute Gasteiger partial charge is 2.00 e. The molecule has 1 fully saturated rings. The number of hydrogen-bond acceptors (Lipinski definition) is 0. The summed E-state index contributed by atoms with van der Waals surface area (Å²) in [5, 5.41) is 0. The van der Waals surface area contributed by atoms with Crippen molar-refractivity contribution in [3.05, 3.63) is 6.42 Å². The van der Waals surface area contributed by atoms with Crippen LogP contribution in [0.1, 0.15) is 52.4 Å². The fourth-order valence-corrected chi connectivity index (χ4v) is 2.07. The molecule has 1 rings (SSSR count). The SMILES string of the molecule is CCCCC1[CH-]C(C)CCC1.[Br-].[Mg+2]. The molecule has 0 nitrogen and oxygen atoms in total. The fourth-order valence-electron chi connectivity index (χ4n) is 2.07. The number of unbranched alkanes of at least 4 members (excludes halogenated alkanes) is 1. The van der Waals surface area contributed by atoms with E-state index in [2.05, 4.69) is 20.3 Å². The Kier molecular flexibility index (Phi) is 12.5. The Balaban J connectivity index is 0. The van der Waals surface area contributed by atoms with Gasteiger partial charge in [0.1, 0.15) is 0 Å². The van der Waals surface area contributed by atoms with Crippen LogP contribution in [0.25, 0.3) is 0 Å². The molecule has 0 amide bonds. The van der Waals surface area contributed by atoms with E-state index in [-0.39, 0.29) is 40.0 Å². The Morgan fingerprint density at radius 3 is 2.54 bits per heavy atom. The molecule has 1 saturated carbocycles. The van der Waals surface area contributed by atoms with E-state index in [0.717, 1.165) is 11.8 Å². The van der Waals surface area contributed by atoms with Gasteiger partial charge in [-0.1, -0.05) is 52.4 Å². The first kappa shape index (κ1) is 16.7. The van der Waals surface area contributed by atoms with Gasteiger partial charge in [0.15, 0.2) is 0 Å². The summed E-state index contributed by atoms with van der Waals surface area (Å²) in [5.41, 5.74) is 0. The number of halogens is 1. The molecule has 0 spiro atoms. The quantitative estimate of drug-likeness (QED) is 0.508. The molecule has 74 valence electrons. The average Bonchev–Trinajstić information content (AvgIpc) is 2.01. The normalized spacial score (nSPS) is 27.2. The van der Waals surface area contributed by atoms with E-state index in [1.807, 2.05) is 0 Å². The zero-order chi connectivity index (χ0) is 8.10. The zero-order valence-corrected chi connectivity index (χ0v) is 12.1. The van der Waals surface area contributed by atoms with Crippen LogP contribution in [0.4, 0.5) is 0 Å². The molecule has 0 radical (unpaired) electrons. The second kappa shape index (κ2) is 9.79. The molecule has 2 heteroatoms. The van der Waals surface area contributed by atoms with Crippen molar-refractivity contribution < 1.29 is 17.0 Å². The van der Waals surface area contributed by atoms with Gasteiger partial charge in [-0.2, -0.15) is 11.8 Å². The summed E-state index contributed by atoms with van der Waals surface area (Å²) in [4.78, 5) is 0. The molecule has 0 aromatic carbocycles. The summed E-state index contributed by atoms with van der Waals surface area (Å²) in [5.74, 6) is 1.85. The van der Waals surface area contributed by atoms with Crippen molar-refractivity contribution in [3.8, 4) is 0 Å². The van der Waals surface area contributed by atoms with E-state index in [1.54, 1.807) is 0 Å². The van der Waals surface area contributed by atoms with Gasteiger partial charge in [0.25, 0.3) is 0 Å². The van der Waals surface area contributed by atoms with Gasteiger partial charge in [-0.05, 0) is 0 Å². The predicted octanol–water partition coefficient (Wildman–Crippen LogP) is 0.440. The molecule has 0 heterocycles. The molecular formula is C11H21BrMg. The van der Waals surface area contributed by atoms with Crippen LogP contribution in [0.2, 0.25) is 0 Å². The van der Waals surface area contributed by atoms with Crippen LogP contribution >= 0.6 is 0 Å². The molecule has 0 saturated heterocycles. The summed E-state index contributed by atoms with van der Waals surface area (Å²) in [7, 11) is 0. The molecule has 1 aliphatic rings. The maximum atomic E-state index is 2.58. The van der Waals surface area contributed by atoms with Crippen LogP contribution in [0.3, 0.4) is 0 Å². The third kappa shape index (κ3) is 7.21. The maximum absolute atomic E-state index is 2.58. The first-order valence-electron chi connectivity index (χ1n) is 5.18. The van der Waals surface area contributed by atoms with Gasteiger partial charge in [-0.15, -0.1) is 0 Å². The molecule has 0 aromatic heterocycles. The van der Waals surface area contributed by atoms with Crippen LogP contribution in [-0.4, -0.2) is 23.1 Å². The molecule has 0 bridgehead atoms. The Hall–Kier alpha value is 1.25.